The Morgan fingerprint density at radius 3 is 2.80 bits per heavy atom. The molecule has 0 fully saturated rings. The topological polar surface area (TPSA) is 46.2 Å². The Morgan fingerprint density at radius 2 is 2.33 bits per heavy atom. The van der Waals surface area contributed by atoms with E-state index in [0.717, 1.165) is 6.42 Å². The van der Waals surface area contributed by atoms with Crippen molar-refractivity contribution in [2.24, 2.45) is 0 Å². The maximum Gasteiger partial charge on any atom is 0.251 e. The van der Waals surface area contributed by atoms with Crippen molar-refractivity contribution in [1.82, 2.24) is 4.72 Å². The molecule has 0 amide bonds. The van der Waals surface area contributed by atoms with E-state index in [1.165, 1.54) is 11.3 Å². The third-order valence-corrected chi connectivity index (χ3v) is 6.32. The van der Waals surface area contributed by atoms with Gasteiger partial charge in [-0.1, -0.05) is 6.92 Å². The highest BCUT2D eigenvalue weighted by Crippen LogP contribution is 2.27. The van der Waals surface area contributed by atoms with E-state index in [4.69, 9.17) is 11.6 Å². The molecule has 0 aliphatic heterocycles. The molecular weight excluding hydrogens is 322 g/mol. The molecular formula is C8H11BrClNO2S2. The minimum atomic E-state index is -3.42. The van der Waals surface area contributed by atoms with Gasteiger partial charge < -0.3 is 0 Å². The number of hydrogen-bond donors (Lipinski definition) is 1. The number of rotatable bonds is 5. The van der Waals surface area contributed by atoms with Crippen molar-refractivity contribution in [2.75, 3.05) is 6.54 Å². The minimum Gasteiger partial charge on any atom is -0.209 e. The van der Waals surface area contributed by atoms with Crippen LogP contribution in [0.2, 0.25) is 0 Å². The first-order valence-corrected chi connectivity index (χ1v) is 7.93. The molecule has 3 nitrogen and oxygen atoms in total. The van der Waals surface area contributed by atoms with Gasteiger partial charge in [-0.05, 0) is 33.8 Å². The van der Waals surface area contributed by atoms with Crippen LogP contribution in [0.25, 0.3) is 0 Å². The number of hydrogen-bond acceptors (Lipinski definition) is 3. The fourth-order valence-electron chi connectivity index (χ4n) is 0.882. The molecule has 1 aromatic heterocycles. The zero-order chi connectivity index (χ0) is 11.5. The van der Waals surface area contributed by atoms with Gasteiger partial charge in [-0.2, -0.15) is 0 Å². The van der Waals surface area contributed by atoms with Crippen LogP contribution in [0, 0.1) is 0 Å². The number of nitrogens with one attached hydrogen (secondary N) is 1. The molecule has 1 atom stereocenters. The van der Waals surface area contributed by atoms with Gasteiger partial charge in [-0.25, -0.2) is 13.1 Å². The Kier molecular flexibility index (Phi) is 5.05. The van der Waals surface area contributed by atoms with Crippen LogP contribution in [-0.2, 0) is 10.0 Å². The molecule has 1 aromatic rings. The molecule has 0 saturated carbocycles. The van der Waals surface area contributed by atoms with E-state index < -0.39 is 10.0 Å². The van der Waals surface area contributed by atoms with Crippen LogP contribution in [0.1, 0.15) is 13.3 Å². The maximum absolute atomic E-state index is 11.7. The van der Waals surface area contributed by atoms with Gasteiger partial charge in [0.15, 0.2) is 0 Å². The summed E-state index contributed by atoms with van der Waals surface area (Å²) in [5, 5.41) is 1.55. The van der Waals surface area contributed by atoms with E-state index in [0.29, 0.717) is 8.68 Å². The van der Waals surface area contributed by atoms with Crippen LogP contribution < -0.4 is 4.72 Å². The molecule has 1 heterocycles. The van der Waals surface area contributed by atoms with E-state index in [2.05, 4.69) is 20.7 Å². The van der Waals surface area contributed by atoms with Crippen LogP contribution in [-0.4, -0.2) is 20.3 Å². The van der Waals surface area contributed by atoms with Crippen LogP contribution in [0.15, 0.2) is 20.1 Å². The second kappa shape index (κ2) is 5.63. The zero-order valence-corrected chi connectivity index (χ0v) is 12.0. The quantitative estimate of drug-likeness (QED) is 0.843. The molecule has 0 bridgehead atoms. The van der Waals surface area contributed by atoms with Crippen molar-refractivity contribution < 1.29 is 8.42 Å². The van der Waals surface area contributed by atoms with Crippen molar-refractivity contribution in [2.45, 2.75) is 22.9 Å². The summed E-state index contributed by atoms with van der Waals surface area (Å²) in [6.45, 7) is 2.16. The van der Waals surface area contributed by atoms with Gasteiger partial charge >= 0.3 is 0 Å². The normalized spacial score (nSPS) is 14.1. The Morgan fingerprint density at radius 1 is 1.67 bits per heavy atom. The fraction of sp³-hybridized carbons (Fsp3) is 0.500. The van der Waals surface area contributed by atoms with E-state index in [-0.39, 0.29) is 11.9 Å². The van der Waals surface area contributed by atoms with Crippen molar-refractivity contribution in [1.29, 1.82) is 0 Å². The van der Waals surface area contributed by atoms with Crippen LogP contribution in [0.4, 0.5) is 0 Å². The molecule has 1 unspecified atom stereocenters. The molecule has 0 aromatic carbocycles. The average molecular weight is 333 g/mol. The smallest absolute Gasteiger partial charge is 0.209 e. The van der Waals surface area contributed by atoms with Crippen molar-refractivity contribution in [3.63, 3.8) is 0 Å². The lowest BCUT2D eigenvalue weighted by Crippen LogP contribution is -2.29. The highest BCUT2D eigenvalue weighted by molar-refractivity contribution is 9.10. The first-order valence-electron chi connectivity index (χ1n) is 4.34. The van der Waals surface area contributed by atoms with E-state index in [1.54, 1.807) is 11.4 Å². The summed E-state index contributed by atoms with van der Waals surface area (Å²) in [5.74, 6) is 0. The summed E-state index contributed by atoms with van der Waals surface area (Å²) >= 11 is 10.2. The van der Waals surface area contributed by atoms with Crippen molar-refractivity contribution in [3.8, 4) is 0 Å². The van der Waals surface area contributed by atoms with Gasteiger partial charge in [-0.3, -0.25) is 0 Å². The molecule has 1 rings (SSSR count). The number of sulfonamides is 1. The predicted octanol–water partition coefficient (Wildman–Crippen LogP) is 2.81. The summed E-state index contributed by atoms with van der Waals surface area (Å²) in [6.07, 6.45) is 0.732. The Labute approximate surface area is 107 Å². The van der Waals surface area contributed by atoms with Crippen LogP contribution in [0.3, 0.4) is 0 Å². The van der Waals surface area contributed by atoms with E-state index >= 15 is 0 Å². The second-order valence-electron chi connectivity index (χ2n) is 2.91. The molecule has 0 saturated heterocycles. The first-order chi connectivity index (χ1) is 6.97. The van der Waals surface area contributed by atoms with Gasteiger partial charge in [0.1, 0.15) is 4.21 Å². The summed E-state index contributed by atoms with van der Waals surface area (Å²) in [4.78, 5) is 0. The molecule has 15 heavy (non-hydrogen) atoms. The summed E-state index contributed by atoms with van der Waals surface area (Å²) in [6, 6.07) is 1.71. The molecule has 7 heteroatoms. The lowest BCUT2D eigenvalue weighted by molar-refractivity contribution is 0.580. The highest BCUT2D eigenvalue weighted by Gasteiger charge is 2.19. The second-order valence-corrected chi connectivity index (χ2v) is 7.26. The van der Waals surface area contributed by atoms with Crippen molar-refractivity contribution in [3.05, 3.63) is 15.9 Å². The van der Waals surface area contributed by atoms with Crippen molar-refractivity contribution >= 4 is 48.9 Å². The number of thiophene rings is 1. The number of halogens is 2. The first kappa shape index (κ1) is 13.4. The van der Waals surface area contributed by atoms with E-state index in [1.807, 2.05) is 6.92 Å². The SMILES string of the molecule is CCC(Cl)CNS(=O)(=O)c1sccc1Br. The molecule has 1 N–H and O–H groups in total. The standard InChI is InChI=1S/C8H11BrClNO2S2/c1-2-6(10)5-11-15(12,13)8-7(9)3-4-14-8/h3-4,6,11H,2,5H2,1H3. The lowest BCUT2D eigenvalue weighted by atomic mass is 10.3. The molecule has 0 spiro atoms. The predicted molar refractivity (Wildman–Crippen MR) is 67.1 cm³/mol. The summed E-state index contributed by atoms with van der Waals surface area (Å²) < 4.78 is 26.8. The van der Waals surface area contributed by atoms with Gasteiger partial charge in [0.2, 0.25) is 0 Å². The lowest BCUT2D eigenvalue weighted by Gasteiger charge is -2.08. The molecule has 0 radical (unpaired) electrons. The highest BCUT2D eigenvalue weighted by atomic mass is 79.9. The summed E-state index contributed by atoms with van der Waals surface area (Å²) in [7, 11) is -3.42. The summed E-state index contributed by atoms with van der Waals surface area (Å²) in [5.41, 5.74) is 0. The third kappa shape index (κ3) is 3.71. The molecule has 86 valence electrons. The fourth-order valence-corrected chi connectivity index (χ4v) is 4.51. The van der Waals surface area contributed by atoms with Gasteiger partial charge in [0.25, 0.3) is 10.0 Å². The number of alkyl halides is 1. The zero-order valence-electron chi connectivity index (χ0n) is 8.04. The third-order valence-electron chi connectivity index (χ3n) is 1.77. The van der Waals surface area contributed by atoms with Gasteiger partial charge in [0, 0.05) is 16.4 Å². The monoisotopic (exact) mass is 331 g/mol. The minimum absolute atomic E-state index is 0.168. The maximum atomic E-state index is 11.7. The van der Waals surface area contributed by atoms with E-state index in [9.17, 15) is 8.42 Å². The van der Waals surface area contributed by atoms with Crippen LogP contribution >= 0.6 is 38.9 Å². The van der Waals surface area contributed by atoms with Gasteiger partial charge in [0.05, 0.1) is 0 Å². The Bertz CT molecular complexity index is 418. The Hall–Kier alpha value is 0.380. The largest absolute Gasteiger partial charge is 0.251 e. The molecule has 0 aliphatic carbocycles. The Balaban J connectivity index is 2.73. The van der Waals surface area contributed by atoms with Crippen LogP contribution in [0.5, 0.6) is 0 Å². The van der Waals surface area contributed by atoms with Gasteiger partial charge in [-0.15, -0.1) is 22.9 Å². The average Bonchev–Trinajstić information content (AvgIpc) is 2.61. The molecule has 0 aliphatic rings.